The van der Waals surface area contributed by atoms with Crippen molar-refractivity contribution in [3.8, 4) is 16.9 Å². The Morgan fingerprint density at radius 1 is 0.947 bits per heavy atom. The number of H-pyrrole nitrogens is 1. The fourth-order valence-corrected chi connectivity index (χ4v) is 5.84. The van der Waals surface area contributed by atoms with E-state index in [2.05, 4.69) is 15.5 Å². The van der Waals surface area contributed by atoms with Gasteiger partial charge in [0.1, 0.15) is 5.75 Å². The van der Waals surface area contributed by atoms with Crippen molar-refractivity contribution in [2.45, 2.75) is 19.3 Å². The van der Waals surface area contributed by atoms with E-state index in [0.717, 1.165) is 28.9 Å². The summed E-state index contributed by atoms with van der Waals surface area (Å²) in [5.74, 6) is 0.768. The van der Waals surface area contributed by atoms with Gasteiger partial charge in [0.05, 0.1) is 18.7 Å². The lowest BCUT2D eigenvalue weighted by Crippen LogP contribution is -2.46. The van der Waals surface area contributed by atoms with Crippen molar-refractivity contribution in [1.29, 1.82) is 0 Å². The first kappa shape index (κ1) is 24.0. The molecule has 3 saturated heterocycles. The third-order valence-corrected chi connectivity index (χ3v) is 8.11. The summed E-state index contributed by atoms with van der Waals surface area (Å²) < 4.78 is 5.62. The lowest BCUT2D eigenvalue weighted by Gasteiger charge is -2.38. The molecule has 2 aromatic carbocycles. The zero-order valence-corrected chi connectivity index (χ0v) is 21.3. The van der Waals surface area contributed by atoms with Crippen LogP contribution in [0.5, 0.6) is 5.75 Å². The van der Waals surface area contributed by atoms with Gasteiger partial charge in [0, 0.05) is 73.1 Å². The van der Waals surface area contributed by atoms with Crippen LogP contribution in [0.2, 0.25) is 0 Å². The zero-order chi connectivity index (χ0) is 26.3. The van der Waals surface area contributed by atoms with Crippen LogP contribution in [0.3, 0.4) is 0 Å². The maximum Gasteiger partial charge on any atom is 0.321 e. The molecular formula is C28H30N6O4. The highest BCUT2D eigenvalue weighted by Gasteiger charge is 2.49. The minimum atomic E-state index is -0.444. The molecular weight excluding hydrogens is 484 g/mol. The summed E-state index contributed by atoms with van der Waals surface area (Å²) in [6.45, 7) is 2.96. The Hall–Kier alpha value is -4.34. The van der Waals surface area contributed by atoms with Gasteiger partial charge in [0.2, 0.25) is 5.91 Å². The molecule has 3 aromatic rings. The minimum absolute atomic E-state index is 0.0425. The third-order valence-electron chi connectivity index (χ3n) is 8.11. The molecule has 4 amide bonds. The Morgan fingerprint density at radius 2 is 1.68 bits per heavy atom. The van der Waals surface area contributed by atoms with Crippen molar-refractivity contribution in [3.05, 3.63) is 60.4 Å². The van der Waals surface area contributed by atoms with E-state index in [4.69, 9.17) is 4.74 Å². The number of urea groups is 1. The van der Waals surface area contributed by atoms with Gasteiger partial charge in [0.25, 0.3) is 5.91 Å². The molecule has 10 nitrogen and oxygen atoms in total. The molecule has 2 N–H and O–H groups in total. The van der Waals surface area contributed by atoms with Gasteiger partial charge in [-0.15, -0.1) is 0 Å². The molecule has 38 heavy (non-hydrogen) atoms. The van der Waals surface area contributed by atoms with Crippen LogP contribution in [0.1, 0.15) is 29.6 Å². The van der Waals surface area contributed by atoms with E-state index >= 15 is 0 Å². The van der Waals surface area contributed by atoms with Gasteiger partial charge in [-0.25, -0.2) is 4.79 Å². The monoisotopic (exact) mass is 514 g/mol. The van der Waals surface area contributed by atoms with Gasteiger partial charge >= 0.3 is 6.03 Å². The summed E-state index contributed by atoms with van der Waals surface area (Å²) in [6, 6.07) is 12.9. The second-order valence-corrected chi connectivity index (χ2v) is 10.1. The van der Waals surface area contributed by atoms with Gasteiger partial charge in [-0.3, -0.25) is 19.6 Å². The molecule has 6 rings (SSSR count). The smallest absolute Gasteiger partial charge is 0.321 e. The third kappa shape index (κ3) is 4.06. The number of carbonyl (C=O) groups excluding carboxylic acids is 3. The largest absolute Gasteiger partial charge is 0.496 e. The quantitative estimate of drug-likeness (QED) is 0.543. The second kappa shape index (κ2) is 9.51. The Morgan fingerprint density at radius 3 is 2.34 bits per heavy atom. The van der Waals surface area contributed by atoms with Crippen LogP contribution in [-0.2, 0) is 4.79 Å². The number of carbonyl (C=O) groups is 3. The summed E-state index contributed by atoms with van der Waals surface area (Å²) in [5.41, 5.74) is 3.58. The van der Waals surface area contributed by atoms with Crippen LogP contribution in [0.15, 0.2) is 54.9 Å². The van der Waals surface area contributed by atoms with Crippen LogP contribution in [0, 0.1) is 5.41 Å². The Balaban J connectivity index is 1.11. The summed E-state index contributed by atoms with van der Waals surface area (Å²) in [5, 5.41) is 9.62. The summed E-state index contributed by atoms with van der Waals surface area (Å²) >= 11 is 0. The fourth-order valence-electron chi connectivity index (χ4n) is 5.84. The van der Waals surface area contributed by atoms with Gasteiger partial charge in [-0.2, -0.15) is 5.10 Å². The first-order valence-corrected chi connectivity index (χ1v) is 12.9. The first-order valence-electron chi connectivity index (χ1n) is 12.9. The number of rotatable bonds is 5. The van der Waals surface area contributed by atoms with Crippen LogP contribution in [-0.4, -0.2) is 72.8 Å². The number of anilines is 2. The van der Waals surface area contributed by atoms with Crippen LogP contribution < -0.4 is 19.9 Å². The Bertz CT molecular complexity index is 1360. The number of likely N-dealkylation sites (tertiary alicyclic amines) is 1. The van der Waals surface area contributed by atoms with Crippen molar-refractivity contribution in [3.63, 3.8) is 0 Å². The van der Waals surface area contributed by atoms with Gasteiger partial charge in [-0.1, -0.05) is 0 Å². The van der Waals surface area contributed by atoms with E-state index in [1.54, 1.807) is 30.3 Å². The van der Waals surface area contributed by atoms with E-state index in [-0.39, 0.29) is 17.8 Å². The highest BCUT2D eigenvalue weighted by atomic mass is 16.5. The highest BCUT2D eigenvalue weighted by molar-refractivity contribution is 6.01. The molecule has 4 heterocycles. The molecule has 0 unspecified atom stereocenters. The van der Waals surface area contributed by atoms with Crippen molar-refractivity contribution in [2.24, 2.45) is 5.41 Å². The normalized spacial score (nSPS) is 18.8. The molecule has 0 saturated carbocycles. The standard InChI is InChI=1S/C28H30N6O4/c1-38-24-16-22(6-7-23(24)20-17-30-31-18-20)33-14-10-28(26(33)36)8-12-32(13-9-28)25(35)19-2-4-21(5-3-19)34-15-11-29-27(34)37/h2-7,16-18H,8-15H2,1H3,(H,29,37)(H,30,31). The van der Waals surface area contributed by atoms with Crippen LogP contribution >= 0.6 is 0 Å². The minimum Gasteiger partial charge on any atom is -0.496 e. The molecule has 0 atom stereocenters. The molecule has 0 radical (unpaired) electrons. The average Bonchev–Trinajstić information content (AvgIpc) is 3.71. The number of aromatic amines is 1. The Kier molecular flexibility index (Phi) is 6.01. The fraction of sp³-hybridized carbons (Fsp3) is 0.357. The number of nitrogens with zero attached hydrogens (tertiary/aromatic N) is 4. The number of hydrogen-bond donors (Lipinski definition) is 2. The van der Waals surface area contributed by atoms with E-state index in [1.807, 2.05) is 46.3 Å². The molecule has 10 heteroatoms. The maximum absolute atomic E-state index is 13.7. The van der Waals surface area contributed by atoms with Crippen LogP contribution in [0.4, 0.5) is 16.2 Å². The molecule has 3 fully saturated rings. The number of benzene rings is 2. The lowest BCUT2D eigenvalue weighted by atomic mass is 9.77. The van der Waals surface area contributed by atoms with E-state index in [9.17, 15) is 14.4 Å². The SMILES string of the molecule is COc1cc(N2CCC3(CCN(C(=O)c4ccc(N5CCNC5=O)cc4)CC3)C2=O)ccc1-c1cn[nH]c1. The van der Waals surface area contributed by atoms with Gasteiger partial charge in [-0.05, 0) is 55.7 Å². The van der Waals surface area contributed by atoms with Crippen LogP contribution in [0.25, 0.3) is 11.1 Å². The number of methoxy groups -OCH3 is 1. The number of ether oxygens (including phenoxy) is 1. The first-order chi connectivity index (χ1) is 18.5. The van der Waals surface area contributed by atoms with E-state index in [0.29, 0.717) is 56.9 Å². The van der Waals surface area contributed by atoms with Gasteiger partial charge < -0.3 is 19.9 Å². The zero-order valence-electron chi connectivity index (χ0n) is 21.3. The summed E-state index contributed by atoms with van der Waals surface area (Å²) in [7, 11) is 1.62. The molecule has 0 bridgehead atoms. The van der Waals surface area contributed by atoms with Gasteiger partial charge in [0.15, 0.2) is 0 Å². The highest BCUT2D eigenvalue weighted by Crippen LogP contribution is 2.44. The number of piperidine rings is 1. The van der Waals surface area contributed by atoms with Crippen molar-refractivity contribution in [1.82, 2.24) is 20.4 Å². The molecule has 196 valence electrons. The van der Waals surface area contributed by atoms with E-state index in [1.165, 1.54) is 0 Å². The number of amides is 4. The predicted molar refractivity (Wildman–Crippen MR) is 142 cm³/mol. The summed E-state index contributed by atoms with van der Waals surface area (Å²) in [4.78, 5) is 44.1. The second-order valence-electron chi connectivity index (χ2n) is 10.1. The van der Waals surface area contributed by atoms with Crippen molar-refractivity contribution < 1.29 is 19.1 Å². The number of aromatic nitrogens is 2. The van der Waals surface area contributed by atoms with Crippen molar-refractivity contribution in [2.75, 3.05) is 49.6 Å². The maximum atomic E-state index is 13.7. The van der Waals surface area contributed by atoms with E-state index < -0.39 is 5.41 Å². The molecule has 3 aliphatic rings. The lowest BCUT2D eigenvalue weighted by molar-refractivity contribution is -0.127. The van der Waals surface area contributed by atoms with Crippen molar-refractivity contribution >= 4 is 29.2 Å². The summed E-state index contributed by atoms with van der Waals surface area (Å²) in [6.07, 6.45) is 5.60. The predicted octanol–water partition coefficient (Wildman–Crippen LogP) is 3.27. The number of nitrogens with one attached hydrogen (secondary N) is 2. The average molecular weight is 515 g/mol. The molecule has 3 aliphatic heterocycles. The Labute approximate surface area is 220 Å². The molecule has 1 aromatic heterocycles. The topological polar surface area (TPSA) is 111 Å². The molecule has 1 spiro atoms. The number of hydrogen-bond acceptors (Lipinski definition) is 5. The molecule has 0 aliphatic carbocycles.